The molecule has 5 N–H and O–H groups in total. The van der Waals surface area contributed by atoms with Gasteiger partial charge in [-0.05, 0) is 50.4 Å². The molecule has 2 rings (SSSR count). The van der Waals surface area contributed by atoms with Crippen LogP contribution in [-0.4, -0.2) is 76.5 Å². The van der Waals surface area contributed by atoms with Crippen molar-refractivity contribution in [1.82, 2.24) is 10.6 Å². The van der Waals surface area contributed by atoms with Crippen molar-refractivity contribution in [3.05, 3.63) is 24.3 Å². The lowest BCUT2D eigenvalue weighted by Gasteiger charge is -2.29. The number of hydrogen-bond acceptors (Lipinski definition) is 8. The minimum atomic E-state index is -5.08. The molecule has 0 bridgehead atoms. The molecule has 0 aliphatic carbocycles. The van der Waals surface area contributed by atoms with Crippen molar-refractivity contribution in [3.8, 4) is 11.5 Å². The van der Waals surface area contributed by atoms with Crippen molar-refractivity contribution in [1.29, 1.82) is 0 Å². The molecule has 1 aliphatic heterocycles. The molecule has 0 saturated carbocycles. The molecule has 0 aromatic heterocycles. The minimum absolute atomic E-state index is 0.0491. The number of benzene rings is 1. The Bertz CT molecular complexity index is 964. The maximum Gasteiger partial charge on any atom is 0.490 e. The van der Waals surface area contributed by atoms with Gasteiger partial charge in [-0.2, -0.15) is 13.2 Å². The summed E-state index contributed by atoms with van der Waals surface area (Å²) in [4.78, 5) is 56.4. The number of halogens is 3. The van der Waals surface area contributed by atoms with E-state index in [1.54, 1.807) is 0 Å². The van der Waals surface area contributed by atoms with Crippen LogP contribution in [0.25, 0.3) is 0 Å². The van der Waals surface area contributed by atoms with E-state index in [2.05, 4.69) is 10.6 Å². The van der Waals surface area contributed by atoms with E-state index in [1.165, 1.54) is 24.3 Å². The van der Waals surface area contributed by atoms with Crippen molar-refractivity contribution in [2.45, 2.75) is 44.5 Å². The number of ether oxygens (including phenoxy) is 2. The Labute approximate surface area is 208 Å². The molecule has 0 spiro atoms. The first kappa shape index (κ1) is 31.2. The molecule has 1 aromatic rings. The molecule has 1 fully saturated rings. The highest BCUT2D eigenvalue weighted by Crippen LogP contribution is 2.30. The van der Waals surface area contributed by atoms with Gasteiger partial charge in [0.15, 0.2) is 18.1 Å². The van der Waals surface area contributed by atoms with Gasteiger partial charge in [0.2, 0.25) is 11.7 Å². The van der Waals surface area contributed by atoms with E-state index in [0.29, 0.717) is 12.3 Å². The summed E-state index contributed by atoms with van der Waals surface area (Å²) in [5, 5.41) is 31.1. The normalized spacial score (nSPS) is 15.2. The standard InChI is InChI=1S/C20H26N2O8.C2HF3O2/c1-13(23)20(19(27)28,22-17(24)7-6-14-8-10-21-11-9-14)30-16-5-3-2-4-15(16)29-12-18(25)26;3-2(4,5)1(6)7/h2-5,14,21H,6-12H2,1H3,(H,22,24)(H,25,26)(H,27,28);(H,6,7). The summed E-state index contributed by atoms with van der Waals surface area (Å²) < 4.78 is 42.3. The van der Waals surface area contributed by atoms with Crippen molar-refractivity contribution < 1.29 is 61.9 Å². The third kappa shape index (κ3) is 10.3. The second-order valence-corrected chi connectivity index (χ2v) is 7.86. The SMILES string of the molecule is CC(=O)C(NC(=O)CCC1CCNCC1)(Oc1ccccc1OCC(=O)O)C(=O)O.O=C(O)C(F)(F)F. The second-order valence-electron chi connectivity index (χ2n) is 7.86. The molecule has 37 heavy (non-hydrogen) atoms. The van der Waals surface area contributed by atoms with E-state index in [4.69, 9.17) is 24.5 Å². The van der Waals surface area contributed by atoms with Crippen molar-refractivity contribution in [2.75, 3.05) is 19.7 Å². The Kier molecular flexibility index (Phi) is 11.8. The van der Waals surface area contributed by atoms with Crippen molar-refractivity contribution >= 4 is 29.6 Å². The third-order valence-corrected chi connectivity index (χ3v) is 5.06. The molecular formula is C22H27F3N2O10. The van der Waals surface area contributed by atoms with Gasteiger partial charge in [0.05, 0.1) is 0 Å². The average molecular weight is 536 g/mol. The van der Waals surface area contributed by atoms with E-state index in [-0.39, 0.29) is 17.9 Å². The van der Waals surface area contributed by atoms with Crippen LogP contribution in [-0.2, 0) is 24.0 Å². The van der Waals surface area contributed by atoms with Crippen LogP contribution < -0.4 is 20.1 Å². The molecule has 15 heteroatoms. The van der Waals surface area contributed by atoms with Crippen LogP contribution in [0.15, 0.2) is 24.3 Å². The van der Waals surface area contributed by atoms with Gasteiger partial charge in [-0.15, -0.1) is 0 Å². The molecule has 206 valence electrons. The topological polar surface area (TPSA) is 189 Å². The van der Waals surface area contributed by atoms with E-state index >= 15 is 0 Å². The first-order chi connectivity index (χ1) is 17.2. The van der Waals surface area contributed by atoms with Crippen LogP contribution in [0.2, 0.25) is 0 Å². The van der Waals surface area contributed by atoms with Crippen LogP contribution in [0, 0.1) is 5.92 Å². The van der Waals surface area contributed by atoms with E-state index < -0.39 is 48.1 Å². The zero-order chi connectivity index (χ0) is 28.2. The van der Waals surface area contributed by atoms with E-state index in [9.17, 15) is 37.5 Å². The number of carboxylic acids is 3. The fourth-order valence-corrected chi connectivity index (χ4v) is 3.16. The number of piperidine rings is 1. The number of hydrogen-bond donors (Lipinski definition) is 5. The Morgan fingerprint density at radius 1 is 1.00 bits per heavy atom. The zero-order valence-electron chi connectivity index (χ0n) is 19.7. The fourth-order valence-electron chi connectivity index (χ4n) is 3.16. The quantitative estimate of drug-likeness (QED) is 0.203. The number of aliphatic carboxylic acids is 3. The van der Waals surface area contributed by atoms with Gasteiger partial charge in [0.25, 0.3) is 0 Å². The molecular weight excluding hydrogens is 509 g/mol. The van der Waals surface area contributed by atoms with Crippen LogP contribution >= 0.6 is 0 Å². The van der Waals surface area contributed by atoms with Gasteiger partial charge in [0, 0.05) is 13.3 Å². The average Bonchev–Trinajstić information content (AvgIpc) is 2.81. The van der Waals surface area contributed by atoms with Crippen LogP contribution in [0.1, 0.15) is 32.6 Å². The monoisotopic (exact) mass is 536 g/mol. The summed E-state index contributed by atoms with van der Waals surface area (Å²) in [6, 6.07) is 5.70. The number of rotatable bonds is 11. The van der Waals surface area contributed by atoms with Gasteiger partial charge < -0.3 is 35.4 Å². The number of alkyl halides is 3. The molecule has 12 nitrogen and oxygen atoms in total. The molecule has 1 atom stereocenters. The van der Waals surface area contributed by atoms with Crippen molar-refractivity contribution in [3.63, 3.8) is 0 Å². The molecule has 1 saturated heterocycles. The van der Waals surface area contributed by atoms with Gasteiger partial charge in [-0.3, -0.25) is 9.59 Å². The number of Topliss-reactive ketones (excluding diaryl/α,β-unsaturated/α-hetero) is 1. The van der Waals surface area contributed by atoms with Crippen LogP contribution in [0.5, 0.6) is 11.5 Å². The minimum Gasteiger partial charge on any atom is -0.479 e. The first-order valence-corrected chi connectivity index (χ1v) is 10.9. The second kappa shape index (κ2) is 14.0. The van der Waals surface area contributed by atoms with Crippen LogP contribution in [0.3, 0.4) is 0 Å². The summed E-state index contributed by atoms with van der Waals surface area (Å²) in [7, 11) is 0. The van der Waals surface area contributed by atoms with Gasteiger partial charge in [-0.25, -0.2) is 14.4 Å². The Morgan fingerprint density at radius 3 is 2.00 bits per heavy atom. The summed E-state index contributed by atoms with van der Waals surface area (Å²) in [5.74, 6) is -7.18. The summed E-state index contributed by atoms with van der Waals surface area (Å²) in [5.41, 5.74) is -2.66. The lowest BCUT2D eigenvalue weighted by Crippen LogP contribution is -2.63. The number of carbonyl (C=O) groups excluding carboxylic acids is 2. The number of nitrogens with one attached hydrogen (secondary N) is 2. The van der Waals surface area contributed by atoms with Gasteiger partial charge >= 0.3 is 29.8 Å². The Hall–Kier alpha value is -3.88. The number of carboxylic acid groups (broad SMARTS) is 3. The smallest absolute Gasteiger partial charge is 0.479 e. The third-order valence-electron chi connectivity index (χ3n) is 5.06. The Morgan fingerprint density at radius 2 is 1.54 bits per heavy atom. The van der Waals surface area contributed by atoms with Crippen LogP contribution in [0.4, 0.5) is 13.2 Å². The van der Waals surface area contributed by atoms with E-state index in [0.717, 1.165) is 32.9 Å². The summed E-state index contributed by atoms with van der Waals surface area (Å²) in [6.45, 7) is 2.04. The number of carbonyl (C=O) groups is 5. The van der Waals surface area contributed by atoms with E-state index in [1.807, 2.05) is 0 Å². The van der Waals surface area contributed by atoms with Crippen molar-refractivity contribution in [2.24, 2.45) is 5.92 Å². The number of amides is 1. The molecule has 1 unspecified atom stereocenters. The highest BCUT2D eigenvalue weighted by atomic mass is 19.4. The lowest BCUT2D eigenvalue weighted by molar-refractivity contribution is -0.192. The summed E-state index contributed by atoms with van der Waals surface area (Å²) >= 11 is 0. The molecule has 1 aromatic carbocycles. The molecule has 1 heterocycles. The lowest BCUT2D eigenvalue weighted by atomic mass is 9.93. The molecule has 0 radical (unpaired) electrons. The highest BCUT2D eigenvalue weighted by Gasteiger charge is 2.48. The highest BCUT2D eigenvalue weighted by molar-refractivity contribution is 6.08. The number of para-hydroxylation sites is 2. The predicted molar refractivity (Wildman–Crippen MR) is 118 cm³/mol. The fraction of sp³-hybridized carbons (Fsp3) is 0.500. The Balaban J connectivity index is 0.000000856. The molecule has 1 aliphatic rings. The molecule has 1 amide bonds. The number of ketones is 1. The maximum absolute atomic E-state index is 12.5. The maximum atomic E-state index is 12.5. The van der Waals surface area contributed by atoms with Gasteiger partial charge in [-0.1, -0.05) is 12.1 Å². The predicted octanol–water partition coefficient (Wildman–Crippen LogP) is 1.43. The van der Waals surface area contributed by atoms with Gasteiger partial charge in [0.1, 0.15) is 0 Å². The largest absolute Gasteiger partial charge is 0.490 e. The zero-order valence-corrected chi connectivity index (χ0v) is 19.7. The summed E-state index contributed by atoms with van der Waals surface area (Å²) in [6.07, 6.45) is -2.61. The first-order valence-electron chi connectivity index (χ1n) is 10.9.